The largest absolute Gasteiger partial charge is 0.384 e. The molecule has 0 bridgehead atoms. The van der Waals surface area contributed by atoms with Crippen LogP contribution in [0.1, 0.15) is 0 Å². The van der Waals surface area contributed by atoms with E-state index >= 15 is 0 Å². The maximum Gasteiger partial charge on any atom is 0.240 e. The van der Waals surface area contributed by atoms with E-state index < -0.39 is 10.0 Å². The lowest BCUT2D eigenvalue weighted by molar-refractivity contribution is 0.122. The number of nitrogens with two attached hydrogens (primary N) is 2. The first kappa shape index (κ1) is 20.0. The molecule has 1 aliphatic rings. The second-order valence-electron chi connectivity index (χ2n) is 6.68. The van der Waals surface area contributed by atoms with Crippen LogP contribution in [0.5, 0.6) is 0 Å². The minimum absolute atomic E-state index is 0.0211. The molecular formula is C19H21N7O3S. The lowest BCUT2D eigenvalue weighted by Crippen LogP contribution is -2.37. The highest BCUT2D eigenvalue weighted by Gasteiger charge is 2.18. The predicted molar refractivity (Wildman–Crippen MR) is 114 cm³/mol. The second kappa shape index (κ2) is 8.22. The van der Waals surface area contributed by atoms with Gasteiger partial charge in [-0.2, -0.15) is 4.98 Å². The Morgan fingerprint density at radius 3 is 2.53 bits per heavy atom. The molecule has 30 heavy (non-hydrogen) atoms. The summed E-state index contributed by atoms with van der Waals surface area (Å²) in [6, 6.07) is 11.6. The number of pyridine rings is 1. The van der Waals surface area contributed by atoms with Gasteiger partial charge in [0.1, 0.15) is 16.5 Å². The predicted octanol–water partition coefficient (Wildman–Crippen LogP) is 1.35. The third kappa shape index (κ3) is 4.48. The minimum atomic E-state index is -3.91. The second-order valence-corrected chi connectivity index (χ2v) is 8.21. The van der Waals surface area contributed by atoms with Gasteiger partial charge in [0.15, 0.2) is 0 Å². The van der Waals surface area contributed by atoms with Gasteiger partial charge in [-0.25, -0.2) is 23.5 Å². The van der Waals surface area contributed by atoms with Crippen molar-refractivity contribution in [3.63, 3.8) is 0 Å². The molecule has 0 radical (unpaired) electrons. The number of benzene rings is 1. The molecule has 1 aliphatic heterocycles. The highest BCUT2D eigenvalue weighted by Crippen LogP contribution is 2.28. The molecule has 1 fully saturated rings. The van der Waals surface area contributed by atoms with Crippen molar-refractivity contribution >= 4 is 33.3 Å². The van der Waals surface area contributed by atoms with E-state index in [0.29, 0.717) is 55.3 Å². The number of aromatic nitrogens is 3. The Morgan fingerprint density at radius 1 is 1.07 bits per heavy atom. The van der Waals surface area contributed by atoms with Gasteiger partial charge >= 0.3 is 0 Å². The molecule has 0 atom stereocenters. The van der Waals surface area contributed by atoms with Gasteiger partial charge < -0.3 is 20.7 Å². The SMILES string of the molecule is Nc1ccc(-c2cc(Nc3ccccc3S(N)(=O)=O)nc(N3CCOCC3)n2)cn1. The van der Waals surface area contributed by atoms with Crippen molar-refractivity contribution in [2.45, 2.75) is 4.90 Å². The molecule has 156 valence electrons. The number of nitrogen functional groups attached to an aromatic ring is 1. The molecule has 3 aromatic rings. The summed E-state index contributed by atoms with van der Waals surface area (Å²) in [6.45, 7) is 2.45. The molecule has 1 aromatic carbocycles. The van der Waals surface area contributed by atoms with Crippen LogP contribution in [0.25, 0.3) is 11.3 Å². The van der Waals surface area contributed by atoms with E-state index in [1.54, 1.807) is 36.5 Å². The van der Waals surface area contributed by atoms with E-state index in [-0.39, 0.29) is 4.90 Å². The summed E-state index contributed by atoms with van der Waals surface area (Å²) in [5, 5.41) is 8.42. The van der Waals surface area contributed by atoms with E-state index in [4.69, 9.17) is 15.6 Å². The van der Waals surface area contributed by atoms with Crippen LogP contribution in [-0.4, -0.2) is 49.7 Å². The Morgan fingerprint density at radius 2 is 1.83 bits per heavy atom. The Kier molecular flexibility index (Phi) is 5.48. The van der Waals surface area contributed by atoms with E-state index in [1.165, 1.54) is 6.07 Å². The zero-order valence-electron chi connectivity index (χ0n) is 16.0. The zero-order chi connectivity index (χ0) is 21.1. The Bertz CT molecular complexity index is 1150. The number of morpholine rings is 1. The molecule has 5 N–H and O–H groups in total. The van der Waals surface area contributed by atoms with Crippen LogP contribution < -0.4 is 21.1 Å². The molecular weight excluding hydrogens is 406 g/mol. The van der Waals surface area contributed by atoms with Crippen molar-refractivity contribution in [2.75, 3.05) is 42.3 Å². The number of rotatable bonds is 5. The van der Waals surface area contributed by atoms with Gasteiger partial charge in [0, 0.05) is 30.9 Å². The maximum absolute atomic E-state index is 11.9. The summed E-state index contributed by atoms with van der Waals surface area (Å²) in [6.07, 6.45) is 1.63. The number of ether oxygens (including phenoxy) is 1. The van der Waals surface area contributed by atoms with Crippen LogP contribution in [0.2, 0.25) is 0 Å². The Hall–Kier alpha value is -3.28. The van der Waals surface area contributed by atoms with Crippen LogP contribution in [0.4, 0.5) is 23.3 Å². The third-order valence-electron chi connectivity index (χ3n) is 4.55. The average Bonchev–Trinajstić information content (AvgIpc) is 2.74. The fourth-order valence-electron chi connectivity index (χ4n) is 3.06. The van der Waals surface area contributed by atoms with Gasteiger partial charge in [-0.05, 0) is 24.3 Å². The molecule has 0 spiro atoms. The van der Waals surface area contributed by atoms with Gasteiger partial charge in [0.2, 0.25) is 16.0 Å². The molecule has 0 saturated carbocycles. The van der Waals surface area contributed by atoms with E-state index in [0.717, 1.165) is 5.56 Å². The Balaban J connectivity index is 1.77. The van der Waals surface area contributed by atoms with Gasteiger partial charge in [0.05, 0.1) is 24.6 Å². The van der Waals surface area contributed by atoms with E-state index in [9.17, 15) is 8.42 Å². The lowest BCUT2D eigenvalue weighted by atomic mass is 10.2. The Labute approximate surface area is 174 Å². The van der Waals surface area contributed by atoms with Crippen molar-refractivity contribution in [2.24, 2.45) is 5.14 Å². The maximum atomic E-state index is 11.9. The third-order valence-corrected chi connectivity index (χ3v) is 5.52. The summed E-state index contributed by atoms with van der Waals surface area (Å²) in [7, 11) is -3.91. The molecule has 0 aliphatic carbocycles. The summed E-state index contributed by atoms with van der Waals surface area (Å²) in [4.78, 5) is 15.4. The number of para-hydroxylation sites is 1. The van der Waals surface area contributed by atoms with Gasteiger partial charge in [-0.3, -0.25) is 0 Å². The summed E-state index contributed by atoms with van der Waals surface area (Å²) in [5.41, 5.74) is 7.39. The number of nitrogens with one attached hydrogen (secondary N) is 1. The summed E-state index contributed by atoms with van der Waals surface area (Å²) < 4.78 is 29.3. The number of anilines is 4. The molecule has 0 unspecified atom stereocenters. The number of nitrogens with zero attached hydrogens (tertiary/aromatic N) is 4. The van der Waals surface area contributed by atoms with Crippen molar-refractivity contribution in [1.82, 2.24) is 15.0 Å². The van der Waals surface area contributed by atoms with Gasteiger partial charge in [-0.15, -0.1) is 0 Å². The molecule has 2 aromatic heterocycles. The molecule has 11 heteroatoms. The van der Waals surface area contributed by atoms with E-state index in [1.807, 2.05) is 11.0 Å². The topological polar surface area (TPSA) is 149 Å². The standard InChI is InChI=1S/C19H21N7O3S/c20-17-6-5-13(12-22-17)15-11-18(25-19(24-15)26-7-9-29-10-8-26)23-14-3-1-2-4-16(14)30(21,27)28/h1-6,11-12H,7-10H2,(H2,20,22)(H2,21,27,28)(H,23,24,25). The first-order chi connectivity index (χ1) is 14.4. The molecule has 4 rings (SSSR count). The number of sulfonamides is 1. The van der Waals surface area contributed by atoms with Crippen LogP contribution in [0.3, 0.4) is 0 Å². The molecule has 3 heterocycles. The minimum Gasteiger partial charge on any atom is -0.384 e. The molecule has 1 saturated heterocycles. The quantitative estimate of drug-likeness (QED) is 0.548. The van der Waals surface area contributed by atoms with E-state index in [2.05, 4.69) is 20.3 Å². The van der Waals surface area contributed by atoms with Crippen LogP contribution >= 0.6 is 0 Å². The molecule has 0 amide bonds. The van der Waals surface area contributed by atoms with Crippen molar-refractivity contribution in [3.8, 4) is 11.3 Å². The van der Waals surface area contributed by atoms with Gasteiger partial charge in [0.25, 0.3) is 0 Å². The first-order valence-corrected chi connectivity index (χ1v) is 10.8. The van der Waals surface area contributed by atoms with Gasteiger partial charge in [-0.1, -0.05) is 12.1 Å². The lowest BCUT2D eigenvalue weighted by Gasteiger charge is -2.27. The first-order valence-electron chi connectivity index (χ1n) is 9.23. The molecule has 10 nitrogen and oxygen atoms in total. The summed E-state index contributed by atoms with van der Waals surface area (Å²) in [5.74, 6) is 1.33. The smallest absolute Gasteiger partial charge is 0.240 e. The number of hydrogen-bond acceptors (Lipinski definition) is 9. The van der Waals surface area contributed by atoms with Crippen LogP contribution in [-0.2, 0) is 14.8 Å². The fraction of sp³-hybridized carbons (Fsp3) is 0.211. The zero-order valence-corrected chi connectivity index (χ0v) is 16.8. The van der Waals surface area contributed by atoms with Crippen molar-refractivity contribution in [3.05, 3.63) is 48.7 Å². The highest BCUT2D eigenvalue weighted by atomic mass is 32.2. The monoisotopic (exact) mass is 427 g/mol. The van der Waals surface area contributed by atoms with Crippen LogP contribution in [0.15, 0.2) is 53.6 Å². The summed E-state index contributed by atoms with van der Waals surface area (Å²) >= 11 is 0. The normalized spacial score (nSPS) is 14.5. The van der Waals surface area contributed by atoms with Crippen LogP contribution in [0, 0.1) is 0 Å². The van der Waals surface area contributed by atoms with Crippen molar-refractivity contribution < 1.29 is 13.2 Å². The van der Waals surface area contributed by atoms with Crippen molar-refractivity contribution in [1.29, 1.82) is 0 Å². The fourth-order valence-corrected chi connectivity index (χ4v) is 3.76. The number of hydrogen-bond donors (Lipinski definition) is 3. The highest BCUT2D eigenvalue weighted by molar-refractivity contribution is 7.89. The number of primary sulfonamides is 1. The average molecular weight is 427 g/mol.